The van der Waals surface area contributed by atoms with Crippen molar-refractivity contribution in [2.24, 2.45) is 0 Å². The molecule has 2 heterocycles. The third-order valence-electron chi connectivity index (χ3n) is 2.63. The molecular weight excluding hydrogens is 260 g/mol. The molecule has 2 rings (SSSR count). The SMILES string of the molecule is COC(=O)c1ccnc(NC(=O)CCc2ccco2)c1. The maximum Gasteiger partial charge on any atom is 0.338 e. The van der Waals surface area contributed by atoms with Crippen LogP contribution >= 0.6 is 0 Å². The van der Waals surface area contributed by atoms with E-state index in [4.69, 9.17) is 4.42 Å². The smallest absolute Gasteiger partial charge is 0.338 e. The van der Waals surface area contributed by atoms with Gasteiger partial charge in [0.05, 0.1) is 18.9 Å². The van der Waals surface area contributed by atoms with Crippen molar-refractivity contribution in [3.05, 3.63) is 48.0 Å². The lowest BCUT2D eigenvalue weighted by molar-refractivity contribution is -0.116. The number of amides is 1. The fraction of sp³-hybridized carbons (Fsp3) is 0.214. The van der Waals surface area contributed by atoms with Gasteiger partial charge in [0.15, 0.2) is 0 Å². The van der Waals surface area contributed by atoms with Gasteiger partial charge in [-0.3, -0.25) is 4.79 Å². The van der Waals surface area contributed by atoms with Crippen LogP contribution in [0.5, 0.6) is 0 Å². The summed E-state index contributed by atoms with van der Waals surface area (Å²) >= 11 is 0. The Morgan fingerprint density at radius 2 is 2.25 bits per heavy atom. The minimum Gasteiger partial charge on any atom is -0.469 e. The van der Waals surface area contributed by atoms with Crippen molar-refractivity contribution in [1.82, 2.24) is 4.98 Å². The third-order valence-corrected chi connectivity index (χ3v) is 2.63. The van der Waals surface area contributed by atoms with Crippen LogP contribution in [0.15, 0.2) is 41.1 Å². The van der Waals surface area contributed by atoms with E-state index < -0.39 is 5.97 Å². The molecule has 1 N–H and O–H groups in total. The van der Waals surface area contributed by atoms with Crippen molar-refractivity contribution in [2.45, 2.75) is 12.8 Å². The lowest BCUT2D eigenvalue weighted by Crippen LogP contribution is -2.14. The van der Waals surface area contributed by atoms with Gasteiger partial charge < -0.3 is 14.5 Å². The third kappa shape index (κ3) is 3.68. The molecule has 2 aromatic heterocycles. The lowest BCUT2D eigenvalue weighted by Gasteiger charge is -2.05. The minimum absolute atomic E-state index is 0.198. The van der Waals surface area contributed by atoms with E-state index in [2.05, 4.69) is 15.0 Å². The van der Waals surface area contributed by atoms with Crippen molar-refractivity contribution in [1.29, 1.82) is 0 Å². The Bertz CT molecular complexity index is 593. The second kappa shape index (κ2) is 6.51. The van der Waals surface area contributed by atoms with E-state index in [0.29, 0.717) is 17.8 Å². The first-order chi connectivity index (χ1) is 9.69. The summed E-state index contributed by atoms with van der Waals surface area (Å²) in [7, 11) is 1.30. The molecule has 0 fully saturated rings. The zero-order valence-corrected chi connectivity index (χ0v) is 11.0. The number of nitrogens with zero attached hydrogens (tertiary/aromatic N) is 1. The number of rotatable bonds is 5. The van der Waals surface area contributed by atoms with Gasteiger partial charge in [-0.1, -0.05) is 0 Å². The average Bonchev–Trinajstić information content (AvgIpc) is 2.98. The molecule has 20 heavy (non-hydrogen) atoms. The van der Waals surface area contributed by atoms with Crippen LogP contribution in [-0.2, 0) is 16.0 Å². The van der Waals surface area contributed by atoms with Gasteiger partial charge in [-0.2, -0.15) is 0 Å². The minimum atomic E-state index is -0.474. The largest absolute Gasteiger partial charge is 0.469 e. The highest BCUT2D eigenvalue weighted by Crippen LogP contribution is 2.09. The summed E-state index contributed by atoms with van der Waals surface area (Å²) in [6.45, 7) is 0. The molecule has 104 valence electrons. The molecule has 0 aliphatic heterocycles. The van der Waals surface area contributed by atoms with Crippen molar-refractivity contribution in [2.75, 3.05) is 12.4 Å². The summed E-state index contributed by atoms with van der Waals surface area (Å²) < 4.78 is 9.74. The van der Waals surface area contributed by atoms with Crippen LogP contribution in [0.25, 0.3) is 0 Å². The fourth-order valence-electron chi connectivity index (χ4n) is 1.64. The standard InChI is InChI=1S/C14H14N2O4/c1-19-14(18)10-6-7-15-12(9-10)16-13(17)5-4-11-3-2-8-20-11/h2-3,6-9H,4-5H2,1H3,(H,15,16,17). The van der Waals surface area contributed by atoms with Gasteiger partial charge in [-0.25, -0.2) is 9.78 Å². The molecule has 0 saturated carbocycles. The van der Waals surface area contributed by atoms with Crippen LogP contribution in [0.4, 0.5) is 5.82 Å². The van der Waals surface area contributed by atoms with Crippen LogP contribution in [-0.4, -0.2) is 24.0 Å². The highest BCUT2D eigenvalue weighted by atomic mass is 16.5. The normalized spacial score (nSPS) is 10.1. The van der Waals surface area contributed by atoms with Gasteiger partial charge >= 0.3 is 5.97 Å². The Morgan fingerprint density at radius 1 is 1.40 bits per heavy atom. The zero-order valence-electron chi connectivity index (χ0n) is 11.0. The monoisotopic (exact) mass is 274 g/mol. The van der Waals surface area contributed by atoms with E-state index in [-0.39, 0.29) is 12.3 Å². The van der Waals surface area contributed by atoms with E-state index in [1.165, 1.54) is 25.4 Å². The first-order valence-electron chi connectivity index (χ1n) is 6.05. The van der Waals surface area contributed by atoms with Crippen molar-refractivity contribution >= 4 is 17.7 Å². The number of nitrogens with one attached hydrogen (secondary N) is 1. The summed E-state index contributed by atoms with van der Waals surface area (Å²) in [5, 5.41) is 2.62. The number of methoxy groups -OCH3 is 1. The number of carbonyl (C=O) groups is 2. The molecule has 0 atom stereocenters. The number of ether oxygens (including phenoxy) is 1. The van der Waals surface area contributed by atoms with Crippen LogP contribution in [0.2, 0.25) is 0 Å². The molecule has 2 aromatic rings. The van der Waals surface area contributed by atoms with Gasteiger partial charge in [0, 0.05) is 19.0 Å². The highest BCUT2D eigenvalue weighted by Gasteiger charge is 2.09. The number of aromatic nitrogens is 1. The average molecular weight is 274 g/mol. The maximum absolute atomic E-state index is 11.7. The lowest BCUT2D eigenvalue weighted by atomic mass is 10.2. The Hall–Kier alpha value is -2.63. The fourth-order valence-corrected chi connectivity index (χ4v) is 1.64. The molecule has 1 amide bonds. The van der Waals surface area contributed by atoms with Gasteiger partial charge in [0.25, 0.3) is 0 Å². The predicted octanol–water partition coefficient (Wildman–Crippen LogP) is 2.03. The number of furan rings is 1. The number of aryl methyl sites for hydroxylation is 1. The summed E-state index contributed by atoms with van der Waals surface area (Å²) in [5.74, 6) is 0.392. The molecule has 0 aliphatic rings. The number of esters is 1. The van der Waals surface area contributed by atoms with Gasteiger partial charge in [-0.05, 0) is 24.3 Å². The summed E-state index contributed by atoms with van der Waals surface area (Å²) in [6, 6.07) is 6.57. The molecular formula is C14H14N2O4. The molecule has 0 radical (unpaired) electrons. The van der Waals surface area contributed by atoms with E-state index in [1.54, 1.807) is 12.3 Å². The molecule has 0 bridgehead atoms. The van der Waals surface area contributed by atoms with E-state index >= 15 is 0 Å². The highest BCUT2D eigenvalue weighted by molar-refractivity contribution is 5.93. The van der Waals surface area contributed by atoms with Crippen LogP contribution in [0.1, 0.15) is 22.5 Å². The van der Waals surface area contributed by atoms with Gasteiger partial charge in [0.1, 0.15) is 11.6 Å². The van der Waals surface area contributed by atoms with E-state index in [9.17, 15) is 9.59 Å². The van der Waals surface area contributed by atoms with Crippen molar-refractivity contribution in [3.63, 3.8) is 0 Å². The number of hydrogen-bond donors (Lipinski definition) is 1. The van der Waals surface area contributed by atoms with Crippen LogP contribution < -0.4 is 5.32 Å². The van der Waals surface area contributed by atoms with Crippen LogP contribution in [0, 0.1) is 0 Å². The molecule has 0 spiro atoms. The van der Waals surface area contributed by atoms with Gasteiger partial charge in [-0.15, -0.1) is 0 Å². The van der Waals surface area contributed by atoms with E-state index in [0.717, 1.165) is 5.76 Å². The Kier molecular flexibility index (Phi) is 4.49. The molecule has 6 heteroatoms. The summed E-state index contributed by atoms with van der Waals surface area (Å²) in [6.07, 6.45) is 3.79. The summed E-state index contributed by atoms with van der Waals surface area (Å²) in [5.41, 5.74) is 0.337. The topological polar surface area (TPSA) is 81.4 Å². The molecule has 0 saturated heterocycles. The molecule has 6 nitrogen and oxygen atoms in total. The Balaban J connectivity index is 1.92. The number of anilines is 1. The number of pyridine rings is 1. The summed E-state index contributed by atoms with van der Waals surface area (Å²) in [4.78, 5) is 27.1. The molecule has 0 aromatic carbocycles. The second-order valence-electron chi connectivity index (χ2n) is 4.05. The van der Waals surface area contributed by atoms with Crippen molar-refractivity contribution < 1.29 is 18.7 Å². The van der Waals surface area contributed by atoms with Crippen LogP contribution in [0.3, 0.4) is 0 Å². The Morgan fingerprint density at radius 3 is 2.95 bits per heavy atom. The predicted molar refractivity (Wildman–Crippen MR) is 71.2 cm³/mol. The second-order valence-corrected chi connectivity index (χ2v) is 4.05. The van der Waals surface area contributed by atoms with Gasteiger partial charge in [0.2, 0.25) is 5.91 Å². The molecule has 0 aliphatic carbocycles. The maximum atomic E-state index is 11.7. The number of carbonyl (C=O) groups excluding carboxylic acids is 2. The van der Waals surface area contributed by atoms with Crippen molar-refractivity contribution in [3.8, 4) is 0 Å². The zero-order chi connectivity index (χ0) is 14.4. The quantitative estimate of drug-likeness (QED) is 0.844. The first-order valence-corrected chi connectivity index (χ1v) is 6.05. The van der Waals surface area contributed by atoms with E-state index in [1.807, 2.05) is 6.07 Å². The first kappa shape index (κ1) is 13.8. The Labute approximate surface area is 115 Å². The number of hydrogen-bond acceptors (Lipinski definition) is 5. The molecule has 0 unspecified atom stereocenters.